The van der Waals surface area contributed by atoms with Crippen molar-refractivity contribution in [3.63, 3.8) is 0 Å². The molecule has 1 aromatic heterocycles. The molecule has 3 N–H and O–H groups in total. The summed E-state index contributed by atoms with van der Waals surface area (Å²) in [5.41, 5.74) is 11.5. The lowest BCUT2D eigenvalue weighted by Gasteiger charge is -2.27. The SMILES string of the molecule is Cc1cc(NC(=O)c2ccc(-c3ccccc3)c(CN3CCCCC3)c2)cnc1N. The predicted molar refractivity (Wildman–Crippen MR) is 122 cm³/mol. The zero-order valence-electron chi connectivity index (χ0n) is 17.4. The zero-order valence-corrected chi connectivity index (χ0v) is 17.4. The van der Waals surface area contributed by atoms with Crippen LogP contribution in [-0.4, -0.2) is 28.9 Å². The number of carbonyl (C=O) groups excluding carboxylic acids is 1. The molecular weight excluding hydrogens is 372 g/mol. The smallest absolute Gasteiger partial charge is 0.255 e. The minimum Gasteiger partial charge on any atom is -0.383 e. The number of nitrogen functional groups attached to an aromatic ring is 1. The fourth-order valence-corrected chi connectivity index (χ4v) is 3.98. The van der Waals surface area contributed by atoms with E-state index in [9.17, 15) is 4.79 Å². The van der Waals surface area contributed by atoms with Crippen LogP contribution < -0.4 is 11.1 Å². The molecule has 0 saturated carbocycles. The number of hydrogen-bond acceptors (Lipinski definition) is 4. The Labute approximate surface area is 177 Å². The van der Waals surface area contributed by atoms with E-state index in [0.717, 1.165) is 25.2 Å². The van der Waals surface area contributed by atoms with Gasteiger partial charge in [-0.05, 0) is 73.3 Å². The maximum Gasteiger partial charge on any atom is 0.255 e. The highest BCUT2D eigenvalue weighted by Crippen LogP contribution is 2.27. The molecule has 154 valence electrons. The Bertz CT molecular complexity index is 1030. The van der Waals surface area contributed by atoms with Gasteiger partial charge in [-0.15, -0.1) is 0 Å². The molecule has 2 aromatic carbocycles. The van der Waals surface area contributed by atoms with E-state index in [4.69, 9.17) is 5.73 Å². The second-order valence-corrected chi connectivity index (χ2v) is 7.96. The molecular formula is C25H28N4O. The largest absolute Gasteiger partial charge is 0.383 e. The van der Waals surface area contributed by atoms with Crippen LogP contribution in [0.1, 0.15) is 40.7 Å². The van der Waals surface area contributed by atoms with Gasteiger partial charge in [0.15, 0.2) is 0 Å². The first kappa shape index (κ1) is 20.1. The molecule has 0 atom stereocenters. The van der Waals surface area contributed by atoms with Crippen molar-refractivity contribution in [2.45, 2.75) is 32.7 Å². The molecule has 0 bridgehead atoms. The van der Waals surface area contributed by atoms with Gasteiger partial charge in [0, 0.05) is 12.1 Å². The second-order valence-electron chi connectivity index (χ2n) is 7.96. The predicted octanol–water partition coefficient (Wildman–Crippen LogP) is 4.88. The number of nitrogens with two attached hydrogens (primary N) is 1. The van der Waals surface area contributed by atoms with E-state index >= 15 is 0 Å². The van der Waals surface area contributed by atoms with Gasteiger partial charge in [0.25, 0.3) is 5.91 Å². The van der Waals surface area contributed by atoms with Gasteiger partial charge in [-0.1, -0.05) is 42.8 Å². The number of aryl methyl sites for hydroxylation is 1. The number of nitrogens with zero attached hydrogens (tertiary/aromatic N) is 2. The van der Waals surface area contributed by atoms with Crippen LogP contribution in [0.25, 0.3) is 11.1 Å². The summed E-state index contributed by atoms with van der Waals surface area (Å²) in [6, 6.07) is 18.2. The van der Waals surface area contributed by atoms with Crippen molar-refractivity contribution < 1.29 is 4.79 Å². The van der Waals surface area contributed by atoms with Crippen molar-refractivity contribution in [3.8, 4) is 11.1 Å². The third kappa shape index (κ3) is 4.69. The number of nitrogens with one attached hydrogen (secondary N) is 1. The number of likely N-dealkylation sites (tertiary alicyclic amines) is 1. The van der Waals surface area contributed by atoms with E-state index in [1.165, 1.54) is 36.0 Å². The zero-order chi connectivity index (χ0) is 20.9. The Hall–Kier alpha value is -3.18. The van der Waals surface area contributed by atoms with Crippen molar-refractivity contribution >= 4 is 17.4 Å². The molecule has 1 aliphatic heterocycles. The normalized spacial score (nSPS) is 14.4. The van der Waals surface area contributed by atoms with Gasteiger partial charge in [0.2, 0.25) is 0 Å². The summed E-state index contributed by atoms with van der Waals surface area (Å²) < 4.78 is 0. The van der Waals surface area contributed by atoms with Crippen LogP contribution in [0.2, 0.25) is 0 Å². The quantitative estimate of drug-likeness (QED) is 0.640. The molecule has 30 heavy (non-hydrogen) atoms. The Balaban J connectivity index is 1.62. The van der Waals surface area contributed by atoms with E-state index in [-0.39, 0.29) is 5.91 Å². The van der Waals surface area contributed by atoms with Crippen LogP contribution in [0, 0.1) is 6.92 Å². The van der Waals surface area contributed by atoms with Crippen molar-refractivity contribution in [3.05, 3.63) is 77.5 Å². The van der Waals surface area contributed by atoms with Crippen molar-refractivity contribution in [1.29, 1.82) is 0 Å². The molecule has 1 aliphatic rings. The summed E-state index contributed by atoms with van der Waals surface area (Å²) in [5, 5.41) is 2.95. The standard InChI is InChI=1S/C25H28N4O/c1-18-14-22(16-27-24(18)26)28-25(30)20-10-11-23(19-8-4-2-5-9-19)21(15-20)17-29-12-6-3-7-13-29/h2,4-5,8-11,14-16H,3,6-7,12-13,17H2,1H3,(H2,26,27)(H,28,30). The molecule has 1 saturated heterocycles. The maximum absolute atomic E-state index is 12.9. The second kappa shape index (κ2) is 9.09. The molecule has 5 nitrogen and oxygen atoms in total. The lowest BCUT2D eigenvalue weighted by Crippen LogP contribution is -2.29. The highest BCUT2D eigenvalue weighted by Gasteiger charge is 2.16. The van der Waals surface area contributed by atoms with Gasteiger partial charge < -0.3 is 11.1 Å². The number of amides is 1. The number of rotatable bonds is 5. The first-order valence-electron chi connectivity index (χ1n) is 10.5. The summed E-state index contributed by atoms with van der Waals surface area (Å²) in [5.74, 6) is 0.338. The molecule has 1 amide bonds. The van der Waals surface area contributed by atoms with Crippen molar-refractivity contribution in [2.75, 3.05) is 24.1 Å². The molecule has 3 aromatic rings. The van der Waals surface area contributed by atoms with E-state index < -0.39 is 0 Å². The van der Waals surface area contributed by atoms with E-state index in [2.05, 4.69) is 45.5 Å². The number of anilines is 2. The number of aromatic nitrogens is 1. The van der Waals surface area contributed by atoms with E-state index in [0.29, 0.717) is 17.1 Å². The van der Waals surface area contributed by atoms with Crippen LogP contribution in [0.5, 0.6) is 0 Å². The molecule has 5 heteroatoms. The Morgan fingerprint density at radius 3 is 2.57 bits per heavy atom. The number of piperidine rings is 1. The fraction of sp³-hybridized carbons (Fsp3) is 0.280. The summed E-state index contributed by atoms with van der Waals surface area (Å²) in [6.07, 6.45) is 5.38. The first-order chi connectivity index (χ1) is 14.6. The summed E-state index contributed by atoms with van der Waals surface area (Å²) in [6.45, 7) is 4.96. The third-order valence-corrected chi connectivity index (χ3v) is 5.67. The van der Waals surface area contributed by atoms with Crippen molar-refractivity contribution in [1.82, 2.24) is 9.88 Å². The van der Waals surface area contributed by atoms with Crippen molar-refractivity contribution in [2.24, 2.45) is 0 Å². The average molecular weight is 401 g/mol. The molecule has 0 radical (unpaired) electrons. The van der Waals surface area contributed by atoms with E-state index in [1.54, 1.807) is 6.20 Å². The summed E-state index contributed by atoms with van der Waals surface area (Å²) in [4.78, 5) is 19.5. The number of benzene rings is 2. The van der Waals surface area contributed by atoms with E-state index in [1.807, 2.05) is 31.2 Å². The fourth-order valence-electron chi connectivity index (χ4n) is 3.98. The minimum absolute atomic E-state index is 0.138. The molecule has 0 aliphatic carbocycles. The lowest BCUT2D eigenvalue weighted by molar-refractivity contribution is 0.102. The van der Waals surface area contributed by atoms with Gasteiger partial charge in [0.1, 0.15) is 5.82 Å². The Morgan fingerprint density at radius 2 is 1.83 bits per heavy atom. The van der Waals surface area contributed by atoms with Crippen LogP contribution in [0.4, 0.5) is 11.5 Å². The van der Waals surface area contributed by atoms with Crippen LogP contribution >= 0.6 is 0 Å². The number of carbonyl (C=O) groups is 1. The molecule has 0 unspecified atom stereocenters. The topological polar surface area (TPSA) is 71.2 Å². The van der Waals surface area contributed by atoms with Crippen LogP contribution in [0.3, 0.4) is 0 Å². The first-order valence-corrected chi connectivity index (χ1v) is 10.5. The Morgan fingerprint density at radius 1 is 1.07 bits per heavy atom. The van der Waals surface area contributed by atoms with Gasteiger partial charge >= 0.3 is 0 Å². The Kier molecular flexibility index (Phi) is 6.10. The minimum atomic E-state index is -0.138. The highest BCUT2D eigenvalue weighted by atomic mass is 16.1. The molecule has 0 spiro atoms. The average Bonchev–Trinajstić information content (AvgIpc) is 2.77. The molecule has 2 heterocycles. The maximum atomic E-state index is 12.9. The van der Waals surface area contributed by atoms with Crippen LogP contribution in [-0.2, 0) is 6.54 Å². The summed E-state index contributed by atoms with van der Waals surface area (Å²) >= 11 is 0. The highest BCUT2D eigenvalue weighted by molar-refractivity contribution is 6.04. The number of pyridine rings is 1. The number of hydrogen-bond donors (Lipinski definition) is 2. The lowest BCUT2D eigenvalue weighted by atomic mass is 9.96. The molecule has 1 fully saturated rings. The van der Waals surface area contributed by atoms with Crippen LogP contribution in [0.15, 0.2) is 60.8 Å². The van der Waals surface area contributed by atoms with Gasteiger partial charge in [-0.2, -0.15) is 0 Å². The van der Waals surface area contributed by atoms with Gasteiger partial charge in [-0.3, -0.25) is 9.69 Å². The third-order valence-electron chi connectivity index (χ3n) is 5.67. The van der Waals surface area contributed by atoms with Gasteiger partial charge in [-0.25, -0.2) is 4.98 Å². The monoisotopic (exact) mass is 400 g/mol. The summed E-state index contributed by atoms with van der Waals surface area (Å²) in [7, 11) is 0. The van der Waals surface area contributed by atoms with Gasteiger partial charge in [0.05, 0.1) is 11.9 Å². The molecule has 4 rings (SSSR count).